The number of aromatic nitrogens is 3. The second-order valence-corrected chi connectivity index (χ2v) is 9.03. The van der Waals surface area contributed by atoms with E-state index in [-0.39, 0.29) is 24.0 Å². The highest BCUT2D eigenvalue weighted by Gasteiger charge is 2.15. The number of aryl methyl sites for hydroxylation is 5. The second kappa shape index (κ2) is 9.99. The van der Waals surface area contributed by atoms with Crippen LogP contribution >= 0.6 is 11.8 Å². The molecule has 1 aromatic heterocycles. The average molecular weight is 452 g/mol. The van der Waals surface area contributed by atoms with Crippen molar-refractivity contribution in [3.05, 3.63) is 64.0 Å². The SMILES string of the molecule is Cc1cc(C)c(NC(=O)CSc2nnc(CC(=O)Nc3ccc(C)c(C)c3)n2C)c(C)c1. The Morgan fingerprint density at radius 2 is 1.56 bits per heavy atom. The van der Waals surface area contributed by atoms with E-state index in [1.54, 1.807) is 11.6 Å². The zero-order chi connectivity index (χ0) is 23.4. The third-order valence-corrected chi connectivity index (χ3v) is 6.33. The Morgan fingerprint density at radius 3 is 2.22 bits per heavy atom. The number of nitrogens with zero attached hydrogens (tertiary/aromatic N) is 3. The van der Waals surface area contributed by atoms with E-state index in [4.69, 9.17) is 0 Å². The van der Waals surface area contributed by atoms with Crippen molar-refractivity contribution in [2.45, 2.75) is 46.2 Å². The molecule has 168 valence electrons. The molecule has 2 N–H and O–H groups in total. The molecule has 0 radical (unpaired) electrons. The first-order chi connectivity index (χ1) is 15.1. The minimum atomic E-state index is -0.164. The molecule has 0 atom stereocenters. The smallest absolute Gasteiger partial charge is 0.234 e. The fourth-order valence-corrected chi connectivity index (χ4v) is 4.21. The van der Waals surface area contributed by atoms with E-state index >= 15 is 0 Å². The van der Waals surface area contributed by atoms with Gasteiger partial charge in [-0.15, -0.1) is 10.2 Å². The lowest BCUT2D eigenvalue weighted by Crippen LogP contribution is -2.17. The van der Waals surface area contributed by atoms with Gasteiger partial charge in [-0.05, 0) is 69.0 Å². The standard InChI is InChI=1S/C24H29N5O2S/c1-14-9-17(4)23(18(5)10-14)26-22(31)13-32-24-28-27-20(29(24)6)12-21(30)25-19-8-7-15(2)16(3)11-19/h7-11H,12-13H2,1-6H3,(H,25,30)(H,26,31). The molecule has 0 aliphatic carbocycles. The van der Waals surface area contributed by atoms with Crippen LogP contribution in [0.3, 0.4) is 0 Å². The molecule has 0 aliphatic heterocycles. The highest BCUT2D eigenvalue weighted by molar-refractivity contribution is 7.99. The lowest BCUT2D eigenvalue weighted by Gasteiger charge is -2.12. The fraction of sp³-hybridized carbons (Fsp3) is 0.333. The topological polar surface area (TPSA) is 88.9 Å². The third-order valence-electron chi connectivity index (χ3n) is 5.31. The van der Waals surface area contributed by atoms with Crippen LogP contribution in [-0.4, -0.2) is 32.3 Å². The van der Waals surface area contributed by atoms with E-state index in [0.717, 1.165) is 28.1 Å². The molecule has 0 saturated carbocycles. The molecule has 7 nitrogen and oxygen atoms in total. The first-order valence-electron chi connectivity index (χ1n) is 10.4. The van der Waals surface area contributed by atoms with Gasteiger partial charge in [0.25, 0.3) is 0 Å². The van der Waals surface area contributed by atoms with Gasteiger partial charge in [0.2, 0.25) is 11.8 Å². The quantitative estimate of drug-likeness (QED) is 0.524. The number of hydrogen-bond acceptors (Lipinski definition) is 5. The Bertz CT molecular complexity index is 1150. The van der Waals surface area contributed by atoms with Crippen LogP contribution in [0.2, 0.25) is 0 Å². The van der Waals surface area contributed by atoms with Gasteiger partial charge in [0.05, 0.1) is 12.2 Å². The van der Waals surface area contributed by atoms with Crippen LogP contribution < -0.4 is 10.6 Å². The summed E-state index contributed by atoms with van der Waals surface area (Å²) < 4.78 is 1.75. The summed E-state index contributed by atoms with van der Waals surface area (Å²) in [6, 6.07) is 9.91. The van der Waals surface area contributed by atoms with Gasteiger partial charge in [0, 0.05) is 18.4 Å². The normalized spacial score (nSPS) is 10.8. The maximum absolute atomic E-state index is 12.5. The molecule has 0 aliphatic rings. The largest absolute Gasteiger partial charge is 0.326 e. The van der Waals surface area contributed by atoms with Gasteiger partial charge >= 0.3 is 0 Å². The third kappa shape index (κ3) is 5.76. The molecule has 2 aromatic carbocycles. The van der Waals surface area contributed by atoms with Crippen molar-refractivity contribution in [3.63, 3.8) is 0 Å². The molecule has 2 amide bonds. The number of anilines is 2. The lowest BCUT2D eigenvalue weighted by molar-refractivity contribution is -0.116. The predicted molar refractivity (Wildman–Crippen MR) is 129 cm³/mol. The number of amides is 2. The summed E-state index contributed by atoms with van der Waals surface area (Å²) in [5, 5.41) is 14.7. The van der Waals surface area contributed by atoms with Gasteiger partial charge in [-0.3, -0.25) is 9.59 Å². The molecule has 32 heavy (non-hydrogen) atoms. The molecular formula is C24H29N5O2S. The molecule has 0 bridgehead atoms. The fourth-order valence-electron chi connectivity index (χ4n) is 3.48. The Morgan fingerprint density at radius 1 is 0.875 bits per heavy atom. The summed E-state index contributed by atoms with van der Waals surface area (Å²) in [6.07, 6.45) is 0.102. The number of carbonyl (C=O) groups is 2. The number of carbonyl (C=O) groups excluding carboxylic acids is 2. The number of nitrogens with one attached hydrogen (secondary N) is 2. The van der Waals surface area contributed by atoms with Crippen molar-refractivity contribution >= 4 is 35.0 Å². The Balaban J connectivity index is 1.57. The zero-order valence-electron chi connectivity index (χ0n) is 19.4. The van der Waals surface area contributed by atoms with Gasteiger partial charge in [-0.2, -0.15) is 0 Å². The van der Waals surface area contributed by atoms with Crippen LogP contribution in [-0.2, 0) is 23.1 Å². The molecule has 3 rings (SSSR count). The highest BCUT2D eigenvalue weighted by Crippen LogP contribution is 2.23. The van der Waals surface area contributed by atoms with Crippen molar-refractivity contribution in [2.24, 2.45) is 7.05 Å². The van der Waals surface area contributed by atoms with E-state index < -0.39 is 0 Å². The van der Waals surface area contributed by atoms with Gasteiger partial charge < -0.3 is 15.2 Å². The van der Waals surface area contributed by atoms with Crippen LogP contribution in [0, 0.1) is 34.6 Å². The predicted octanol–water partition coefficient (Wildman–Crippen LogP) is 4.27. The number of hydrogen-bond donors (Lipinski definition) is 2. The van der Waals surface area contributed by atoms with Crippen molar-refractivity contribution in [2.75, 3.05) is 16.4 Å². The molecule has 0 unspecified atom stereocenters. The molecular weight excluding hydrogens is 422 g/mol. The minimum Gasteiger partial charge on any atom is -0.326 e. The average Bonchev–Trinajstić information content (AvgIpc) is 3.05. The van der Waals surface area contributed by atoms with Gasteiger partial charge in [0.15, 0.2) is 5.16 Å². The van der Waals surface area contributed by atoms with Gasteiger partial charge in [0.1, 0.15) is 5.82 Å². The Kier molecular flexibility index (Phi) is 7.35. The van der Waals surface area contributed by atoms with Crippen LogP contribution in [0.1, 0.15) is 33.6 Å². The van der Waals surface area contributed by atoms with E-state index in [1.165, 1.54) is 22.9 Å². The molecule has 0 saturated heterocycles. The summed E-state index contributed by atoms with van der Waals surface area (Å²) in [6.45, 7) is 10.0. The summed E-state index contributed by atoms with van der Waals surface area (Å²) in [7, 11) is 1.80. The van der Waals surface area contributed by atoms with Crippen LogP contribution in [0.5, 0.6) is 0 Å². The van der Waals surface area contributed by atoms with Crippen molar-refractivity contribution in [3.8, 4) is 0 Å². The van der Waals surface area contributed by atoms with Crippen LogP contribution in [0.25, 0.3) is 0 Å². The van der Waals surface area contributed by atoms with Gasteiger partial charge in [-0.25, -0.2) is 0 Å². The maximum atomic E-state index is 12.5. The molecule has 1 heterocycles. The maximum Gasteiger partial charge on any atom is 0.234 e. The lowest BCUT2D eigenvalue weighted by atomic mass is 10.1. The number of benzene rings is 2. The molecule has 3 aromatic rings. The van der Waals surface area contributed by atoms with Crippen molar-refractivity contribution in [1.29, 1.82) is 0 Å². The van der Waals surface area contributed by atoms with Crippen LogP contribution in [0.4, 0.5) is 11.4 Å². The highest BCUT2D eigenvalue weighted by atomic mass is 32.2. The van der Waals surface area contributed by atoms with Crippen LogP contribution in [0.15, 0.2) is 35.5 Å². The van der Waals surface area contributed by atoms with Gasteiger partial charge in [-0.1, -0.05) is 35.5 Å². The first kappa shape index (κ1) is 23.5. The zero-order valence-corrected chi connectivity index (χ0v) is 20.2. The summed E-state index contributed by atoms with van der Waals surface area (Å²) in [4.78, 5) is 24.9. The minimum absolute atomic E-state index is 0.102. The summed E-state index contributed by atoms with van der Waals surface area (Å²) >= 11 is 1.29. The van der Waals surface area contributed by atoms with E-state index in [9.17, 15) is 9.59 Å². The van der Waals surface area contributed by atoms with Crippen molar-refractivity contribution < 1.29 is 9.59 Å². The Hall–Kier alpha value is -3.13. The first-order valence-corrected chi connectivity index (χ1v) is 11.4. The number of thioether (sulfide) groups is 1. The molecule has 0 spiro atoms. The van der Waals surface area contributed by atoms with E-state index in [1.807, 2.05) is 65.0 Å². The summed E-state index contributed by atoms with van der Waals surface area (Å²) in [5.74, 6) is 0.470. The second-order valence-electron chi connectivity index (χ2n) is 8.09. The summed E-state index contributed by atoms with van der Waals surface area (Å²) in [5.41, 5.74) is 7.15. The molecule has 8 heteroatoms. The van der Waals surface area contributed by atoms with E-state index in [2.05, 4.69) is 20.8 Å². The monoisotopic (exact) mass is 451 g/mol. The Labute approximate surface area is 193 Å². The number of rotatable bonds is 7. The van der Waals surface area contributed by atoms with Crippen molar-refractivity contribution in [1.82, 2.24) is 14.8 Å². The van der Waals surface area contributed by atoms with E-state index in [0.29, 0.717) is 11.0 Å². The molecule has 0 fully saturated rings.